The molecule has 0 saturated carbocycles. The molecule has 3 aromatic heterocycles. The summed E-state index contributed by atoms with van der Waals surface area (Å²) in [6.07, 6.45) is 8.69. The van der Waals surface area contributed by atoms with Gasteiger partial charge in [-0.3, -0.25) is 5.06 Å². The second-order valence-electron chi connectivity index (χ2n) is 22.5. The molecule has 0 N–H and O–H groups in total. The van der Waals surface area contributed by atoms with Gasteiger partial charge in [0.15, 0.2) is 0 Å². The molecule has 358 valence electrons. The monoisotopic (exact) mass is 1000 g/mol. The Morgan fingerprint density at radius 1 is 0.423 bits per heavy atom. The Bertz CT molecular complexity index is 3370. The molecule has 0 amide bonds. The van der Waals surface area contributed by atoms with E-state index >= 15 is 0 Å². The van der Waals surface area contributed by atoms with E-state index in [1.54, 1.807) is 0 Å². The predicted octanol–water partition coefficient (Wildman–Crippen LogP) is 16.9. The van der Waals surface area contributed by atoms with E-state index in [9.17, 15) is 0 Å². The Morgan fingerprint density at radius 2 is 0.718 bits per heavy atom. The summed E-state index contributed by atoms with van der Waals surface area (Å²) < 4.78 is 7.07. The third-order valence-corrected chi connectivity index (χ3v) is 18.8. The average molecular weight is 1010 g/mol. The first kappa shape index (κ1) is 51.4. The Kier molecular flexibility index (Phi) is 13.7. The average Bonchev–Trinajstić information content (AvgIpc) is 4.10. The molecule has 71 heavy (non-hydrogen) atoms. The van der Waals surface area contributed by atoms with Gasteiger partial charge in [0.05, 0.1) is 34.0 Å². The van der Waals surface area contributed by atoms with E-state index in [4.69, 9.17) is 24.5 Å². The quantitative estimate of drug-likeness (QED) is 0.117. The maximum Gasteiger partial charge on any atom is 2.00 e. The molecule has 0 radical (unpaired) electrons. The van der Waals surface area contributed by atoms with E-state index in [0.717, 1.165) is 95.0 Å². The number of hydrogen-bond donors (Lipinski definition) is 0. The van der Waals surface area contributed by atoms with Gasteiger partial charge >= 0.3 is 19.5 Å². The molecule has 2 aliphatic heterocycles. The minimum Gasteiger partial charge on any atom is -0.657 e. The molecule has 0 aliphatic carbocycles. The molecule has 0 spiro atoms. The molecule has 4 aromatic carbocycles. The molecule has 0 saturated heterocycles. The molecule has 5 heterocycles. The largest absolute Gasteiger partial charge is 2.00 e. The summed E-state index contributed by atoms with van der Waals surface area (Å²) in [6.45, 7) is 37.8. The van der Waals surface area contributed by atoms with Crippen LogP contribution in [-0.2, 0) is 24.0 Å². The van der Waals surface area contributed by atoms with Gasteiger partial charge in [-0.2, -0.15) is 0 Å². The van der Waals surface area contributed by atoms with Gasteiger partial charge in [0.25, 0.3) is 0 Å². The van der Waals surface area contributed by atoms with Crippen molar-refractivity contribution >= 4 is 60.4 Å². The zero-order valence-corrected chi connectivity index (χ0v) is 49.2. The molecule has 6 nitrogen and oxygen atoms in total. The van der Waals surface area contributed by atoms with Crippen molar-refractivity contribution in [2.45, 2.75) is 128 Å². The fourth-order valence-corrected chi connectivity index (χ4v) is 11.7. The third kappa shape index (κ3) is 9.64. The Balaban J connectivity index is 0.00000676. The van der Waals surface area contributed by atoms with Gasteiger partial charge < -0.3 is 14.5 Å². The maximum absolute atomic E-state index is 7.07. The van der Waals surface area contributed by atoms with E-state index in [2.05, 4.69) is 231 Å². The van der Waals surface area contributed by atoms with E-state index in [0.29, 0.717) is 0 Å². The fraction of sp³-hybridized carbons (Fsp3) is 0.302. The van der Waals surface area contributed by atoms with Gasteiger partial charge in [-0.15, -0.1) is 22.1 Å². The van der Waals surface area contributed by atoms with Crippen molar-refractivity contribution in [1.82, 2.24) is 19.9 Å². The number of fused-ring (bicyclic) bond motifs is 8. The predicted molar refractivity (Wildman–Crippen MR) is 302 cm³/mol. The van der Waals surface area contributed by atoms with Gasteiger partial charge in [-0.25, -0.2) is 9.97 Å². The van der Waals surface area contributed by atoms with Crippen LogP contribution in [0.5, 0.6) is 0 Å². The first-order chi connectivity index (χ1) is 32.9. The van der Waals surface area contributed by atoms with Crippen LogP contribution in [0.4, 0.5) is 5.69 Å². The summed E-state index contributed by atoms with van der Waals surface area (Å²) in [7, 11) is -2.19. The number of hydrogen-bond acceptors (Lipinski definition) is 4. The number of anilines is 1. The van der Waals surface area contributed by atoms with E-state index in [1.165, 1.54) is 50.1 Å². The summed E-state index contributed by atoms with van der Waals surface area (Å²) in [5.41, 5.74) is 26.8. The molecule has 0 fully saturated rings. The van der Waals surface area contributed by atoms with Gasteiger partial charge in [0.2, 0.25) is 8.32 Å². The minimum absolute atomic E-state index is 0. The van der Waals surface area contributed by atoms with Crippen molar-refractivity contribution in [3.8, 4) is 44.5 Å². The molecule has 8 bridgehead atoms. The molecule has 2 aliphatic rings. The number of nitrogens with zero attached hydrogens (tertiary/aromatic N) is 5. The van der Waals surface area contributed by atoms with Crippen LogP contribution in [0, 0.1) is 62.3 Å². The number of rotatable bonds is 7. The molecule has 0 atom stereocenters. The number of aromatic nitrogens is 4. The first-order valence-corrected chi connectivity index (χ1v) is 27.7. The van der Waals surface area contributed by atoms with Crippen LogP contribution >= 0.6 is 0 Å². The van der Waals surface area contributed by atoms with Crippen LogP contribution in [-0.4, -0.2) is 23.8 Å². The van der Waals surface area contributed by atoms with Crippen LogP contribution in [0.15, 0.2) is 84.9 Å². The maximum atomic E-state index is 7.07. The van der Waals surface area contributed by atoms with Crippen LogP contribution in [0.2, 0.25) is 18.1 Å². The SMILES string of the molecule is Cc1cc(C)c(-c2c3nc(c(-c4c(C)cc(C)cc4C)c4ccc([n-]4)c(-c4c(C)cc(C)cc4C)c4nc(c(-c5ccc(N(O[Si](C)(C)C(C)(C)C)C(C)(C)C)cc5)c5ccc2[n-]5)C=C4)C=C3)c(C)c1.[Zn+2]. The summed E-state index contributed by atoms with van der Waals surface area (Å²) in [5.74, 6) is 0. The van der Waals surface area contributed by atoms with Gasteiger partial charge in [0, 0.05) is 0 Å². The fourth-order valence-electron chi connectivity index (χ4n) is 10.6. The van der Waals surface area contributed by atoms with Crippen LogP contribution in [0.1, 0.15) is 114 Å². The van der Waals surface area contributed by atoms with Gasteiger partial charge in [0.1, 0.15) is 0 Å². The van der Waals surface area contributed by atoms with E-state index < -0.39 is 8.32 Å². The van der Waals surface area contributed by atoms with E-state index in [1.807, 2.05) is 0 Å². The summed E-state index contributed by atoms with van der Waals surface area (Å²) in [6, 6.07) is 31.1. The zero-order chi connectivity index (χ0) is 50.4. The van der Waals surface area contributed by atoms with Crippen molar-refractivity contribution in [1.29, 1.82) is 0 Å². The van der Waals surface area contributed by atoms with Crippen molar-refractivity contribution < 1.29 is 24.0 Å². The molecule has 8 heteroatoms. The second-order valence-corrected chi connectivity index (χ2v) is 27.3. The first-order valence-electron chi connectivity index (χ1n) is 24.8. The summed E-state index contributed by atoms with van der Waals surface area (Å²) in [5, 5.41) is 2.16. The van der Waals surface area contributed by atoms with Crippen molar-refractivity contribution in [2.24, 2.45) is 0 Å². The Morgan fingerprint density at radius 3 is 1.01 bits per heavy atom. The molecule has 0 unspecified atom stereocenters. The molecular weight excluding hydrogens is 936 g/mol. The minimum atomic E-state index is -2.19. The van der Waals surface area contributed by atoms with Crippen molar-refractivity contribution in [2.75, 3.05) is 5.06 Å². The topological polar surface area (TPSA) is 66.5 Å². The van der Waals surface area contributed by atoms with E-state index in [-0.39, 0.29) is 30.1 Å². The van der Waals surface area contributed by atoms with Crippen molar-refractivity contribution in [3.05, 3.63) is 158 Å². The van der Waals surface area contributed by atoms with Gasteiger partial charge in [-0.1, -0.05) is 110 Å². The molecule has 7 aromatic rings. The standard InChI is InChI=1S/C63H69N5OSi.Zn/c1-36-30-39(4)55(40(5)31-36)59-49-24-22-47(64-49)58(45-18-20-46(21-19-45)68(62(10,11)12)69-70(16,17)63(13,14)15)48-23-25-50(65-48)60(56-41(6)32-37(2)33-42(56)7)52-27-29-54(67-52)61(53-28-26-51(59)66-53)57-43(8)34-38(3)35-44(57)9;/h18-35H,1-17H3;/q-2;+2. The normalized spacial score (nSPS) is 12.7. The second kappa shape index (κ2) is 18.9. The summed E-state index contributed by atoms with van der Waals surface area (Å²) >= 11 is 0. The van der Waals surface area contributed by atoms with Crippen LogP contribution in [0.3, 0.4) is 0 Å². The Hall–Kier alpha value is -5.92. The zero-order valence-electron chi connectivity index (χ0n) is 45.2. The number of aryl methyl sites for hydroxylation is 9. The molecular formula is C63H69N5OSiZn. The third-order valence-electron chi connectivity index (χ3n) is 14.5. The van der Waals surface area contributed by atoms with Crippen molar-refractivity contribution in [3.63, 3.8) is 0 Å². The van der Waals surface area contributed by atoms with Gasteiger partial charge in [-0.05, 0) is 216 Å². The number of hydroxylamine groups is 1. The summed E-state index contributed by atoms with van der Waals surface area (Å²) in [4.78, 5) is 22.5. The van der Waals surface area contributed by atoms with Crippen LogP contribution < -0.4 is 15.0 Å². The molecule has 9 rings (SSSR count). The van der Waals surface area contributed by atoms with Crippen LogP contribution in [0.25, 0.3) is 90.9 Å². The smallest absolute Gasteiger partial charge is 0.657 e. The Labute approximate surface area is 436 Å². The number of benzene rings is 4.